The first-order valence-electron chi connectivity index (χ1n) is 3.80. The minimum absolute atomic E-state index is 1.06. The molecule has 2 heteroatoms. The van der Waals surface area contributed by atoms with E-state index in [1.807, 2.05) is 12.3 Å². The van der Waals surface area contributed by atoms with Gasteiger partial charge in [-0.15, -0.1) is 0 Å². The summed E-state index contributed by atoms with van der Waals surface area (Å²) in [6.45, 7) is 0. The molecule has 0 spiro atoms. The topological polar surface area (TPSA) is 12.9 Å². The van der Waals surface area contributed by atoms with Gasteiger partial charge in [0.25, 0.3) is 0 Å². The lowest BCUT2D eigenvalue weighted by Crippen LogP contribution is -1.80. The highest BCUT2D eigenvalue weighted by Crippen LogP contribution is 2.14. The minimum Gasteiger partial charge on any atom is -0.256 e. The van der Waals surface area contributed by atoms with Crippen molar-refractivity contribution in [2.45, 2.75) is 4.43 Å². The quantitative estimate of drug-likeness (QED) is 0.572. The van der Waals surface area contributed by atoms with Gasteiger partial charge in [-0.05, 0) is 23.8 Å². The average Bonchev–Trinajstić information content (AvgIpc) is 2.17. The van der Waals surface area contributed by atoms with Crippen LogP contribution in [0.15, 0.2) is 36.5 Å². The standard InChI is InChI=1S/C10H8IN/c11-7-8-3-4-10-9(6-8)2-1-5-12-10/h1-6H,7H2. The number of hydrogen-bond donors (Lipinski definition) is 0. The monoisotopic (exact) mass is 269 g/mol. The molecule has 0 N–H and O–H groups in total. The lowest BCUT2D eigenvalue weighted by Gasteiger charge is -1.98. The summed E-state index contributed by atoms with van der Waals surface area (Å²) >= 11 is 2.37. The van der Waals surface area contributed by atoms with Gasteiger partial charge in [0.2, 0.25) is 0 Å². The molecule has 0 fully saturated rings. The van der Waals surface area contributed by atoms with Crippen LogP contribution in [0.5, 0.6) is 0 Å². The van der Waals surface area contributed by atoms with E-state index in [1.165, 1.54) is 10.9 Å². The lowest BCUT2D eigenvalue weighted by atomic mass is 10.1. The molecule has 0 saturated heterocycles. The van der Waals surface area contributed by atoms with Crippen LogP contribution in [-0.2, 0) is 4.43 Å². The zero-order valence-electron chi connectivity index (χ0n) is 6.50. The Morgan fingerprint density at radius 3 is 3.00 bits per heavy atom. The summed E-state index contributed by atoms with van der Waals surface area (Å²) in [5.74, 6) is 0. The second kappa shape index (κ2) is 3.39. The van der Waals surface area contributed by atoms with Gasteiger partial charge in [0, 0.05) is 16.0 Å². The van der Waals surface area contributed by atoms with Crippen molar-refractivity contribution in [2.75, 3.05) is 0 Å². The number of nitrogens with zero attached hydrogens (tertiary/aromatic N) is 1. The van der Waals surface area contributed by atoms with Gasteiger partial charge in [0.05, 0.1) is 5.52 Å². The Labute approximate surface area is 85.0 Å². The Kier molecular flexibility index (Phi) is 2.26. The van der Waals surface area contributed by atoms with Crippen molar-refractivity contribution < 1.29 is 0 Å². The van der Waals surface area contributed by atoms with Crippen LogP contribution in [-0.4, -0.2) is 4.98 Å². The van der Waals surface area contributed by atoms with E-state index in [0.717, 1.165) is 9.94 Å². The summed E-state index contributed by atoms with van der Waals surface area (Å²) in [7, 11) is 0. The number of hydrogen-bond acceptors (Lipinski definition) is 1. The highest BCUT2D eigenvalue weighted by atomic mass is 127. The maximum Gasteiger partial charge on any atom is 0.0702 e. The van der Waals surface area contributed by atoms with E-state index in [9.17, 15) is 0 Å². The molecule has 0 bridgehead atoms. The normalized spacial score (nSPS) is 10.4. The van der Waals surface area contributed by atoms with Crippen LogP contribution >= 0.6 is 22.6 Å². The van der Waals surface area contributed by atoms with Gasteiger partial charge in [0.15, 0.2) is 0 Å². The summed E-state index contributed by atoms with van der Waals surface area (Å²) in [5.41, 5.74) is 2.43. The summed E-state index contributed by atoms with van der Waals surface area (Å²) in [6, 6.07) is 10.5. The highest BCUT2D eigenvalue weighted by molar-refractivity contribution is 14.1. The van der Waals surface area contributed by atoms with Crippen molar-refractivity contribution in [3.63, 3.8) is 0 Å². The van der Waals surface area contributed by atoms with E-state index in [1.54, 1.807) is 0 Å². The lowest BCUT2D eigenvalue weighted by molar-refractivity contribution is 1.39. The summed E-state index contributed by atoms with van der Waals surface area (Å²) in [5, 5.41) is 1.23. The number of aromatic nitrogens is 1. The molecule has 1 aromatic heterocycles. The first-order chi connectivity index (χ1) is 5.90. The minimum atomic E-state index is 1.06. The Bertz CT molecular complexity index is 398. The third kappa shape index (κ3) is 1.43. The zero-order chi connectivity index (χ0) is 8.39. The summed E-state index contributed by atoms with van der Waals surface area (Å²) < 4.78 is 1.06. The first kappa shape index (κ1) is 7.98. The van der Waals surface area contributed by atoms with E-state index in [-0.39, 0.29) is 0 Å². The highest BCUT2D eigenvalue weighted by Gasteiger charge is 1.93. The van der Waals surface area contributed by atoms with Crippen molar-refractivity contribution >= 4 is 33.5 Å². The number of halogens is 1. The number of alkyl halides is 1. The van der Waals surface area contributed by atoms with Gasteiger partial charge in [-0.25, -0.2) is 0 Å². The molecule has 60 valence electrons. The van der Waals surface area contributed by atoms with Crippen LogP contribution in [0.1, 0.15) is 5.56 Å². The molecule has 1 heterocycles. The van der Waals surface area contributed by atoms with E-state index in [0.29, 0.717) is 0 Å². The summed E-state index contributed by atoms with van der Waals surface area (Å²) in [4.78, 5) is 4.25. The fraction of sp³-hybridized carbons (Fsp3) is 0.100. The molecule has 0 radical (unpaired) electrons. The van der Waals surface area contributed by atoms with Crippen molar-refractivity contribution in [3.05, 3.63) is 42.1 Å². The van der Waals surface area contributed by atoms with Crippen molar-refractivity contribution in [1.29, 1.82) is 0 Å². The predicted molar refractivity (Wildman–Crippen MR) is 59.5 cm³/mol. The molecule has 12 heavy (non-hydrogen) atoms. The number of pyridine rings is 1. The number of rotatable bonds is 1. The van der Waals surface area contributed by atoms with E-state index in [4.69, 9.17) is 0 Å². The first-order valence-corrected chi connectivity index (χ1v) is 5.32. The van der Waals surface area contributed by atoms with Crippen LogP contribution in [0.2, 0.25) is 0 Å². The number of fused-ring (bicyclic) bond motifs is 1. The number of benzene rings is 1. The molecule has 0 aliphatic carbocycles. The van der Waals surface area contributed by atoms with E-state index >= 15 is 0 Å². The maximum atomic E-state index is 4.25. The van der Waals surface area contributed by atoms with Crippen LogP contribution in [0.3, 0.4) is 0 Å². The smallest absolute Gasteiger partial charge is 0.0702 e. The molecule has 0 aliphatic heterocycles. The SMILES string of the molecule is ICc1ccc2ncccc2c1. The summed E-state index contributed by atoms with van der Waals surface area (Å²) in [6.07, 6.45) is 1.83. The zero-order valence-corrected chi connectivity index (χ0v) is 8.65. The molecule has 0 amide bonds. The molecule has 0 saturated carbocycles. The molecule has 2 aromatic rings. The van der Waals surface area contributed by atoms with E-state index < -0.39 is 0 Å². The Balaban J connectivity index is 2.67. The molecule has 0 unspecified atom stereocenters. The van der Waals surface area contributed by atoms with Gasteiger partial charge in [0.1, 0.15) is 0 Å². The second-order valence-corrected chi connectivity index (χ2v) is 3.43. The Morgan fingerprint density at radius 1 is 1.25 bits per heavy atom. The molecule has 1 nitrogen and oxygen atoms in total. The van der Waals surface area contributed by atoms with Gasteiger partial charge < -0.3 is 0 Å². The van der Waals surface area contributed by atoms with Crippen LogP contribution in [0, 0.1) is 0 Å². The van der Waals surface area contributed by atoms with Crippen molar-refractivity contribution in [3.8, 4) is 0 Å². The van der Waals surface area contributed by atoms with Crippen LogP contribution in [0.25, 0.3) is 10.9 Å². The third-order valence-corrected chi connectivity index (χ3v) is 2.70. The average molecular weight is 269 g/mol. The molecule has 2 rings (SSSR count). The molecule has 0 atom stereocenters. The molecular weight excluding hydrogens is 261 g/mol. The Hall–Kier alpha value is -0.640. The van der Waals surface area contributed by atoms with Crippen molar-refractivity contribution in [1.82, 2.24) is 4.98 Å². The Morgan fingerprint density at radius 2 is 2.17 bits per heavy atom. The van der Waals surface area contributed by atoms with E-state index in [2.05, 4.69) is 51.8 Å². The molecular formula is C10H8IN. The second-order valence-electron chi connectivity index (χ2n) is 2.66. The van der Waals surface area contributed by atoms with Gasteiger partial charge in [-0.2, -0.15) is 0 Å². The fourth-order valence-corrected chi connectivity index (χ4v) is 1.68. The fourth-order valence-electron chi connectivity index (χ4n) is 1.21. The van der Waals surface area contributed by atoms with Crippen molar-refractivity contribution in [2.24, 2.45) is 0 Å². The maximum absolute atomic E-state index is 4.25. The van der Waals surface area contributed by atoms with Gasteiger partial charge >= 0.3 is 0 Å². The molecule has 0 aliphatic rings. The van der Waals surface area contributed by atoms with Crippen LogP contribution in [0.4, 0.5) is 0 Å². The van der Waals surface area contributed by atoms with Gasteiger partial charge in [-0.1, -0.05) is 34.7 Å². The van der Waals surface area contributed by atoms with Crippen LogP contribution < -0.4 is 0 Å². The largest absolute Gasteiger partial charge is 0.256 e. The predicted octanol–water partition coefficient (Wildman–Crippen LogP) is 3.17. The van der Waals surface area contributed by atoms with Gasteiger partial charge in [-0.3, -0.25) is 4.98 Å². The third-order valence-electron chi connectivity index (χ3n) is 1.82. The molecule has 1 aromatic carbocycles.